The monoisotopic (exact) mass is 327 g/mol. The molecule has 130 valence electrons. The van der Waals surface area contributed by atoms with Crippen LogP contribution in [0, 0.1) is 0 Å². The van der Waals surface area contributed by atoms with E-state index in [1.165, 1.54) is 56.1 Å². The molecule has 2 aliphatic carbocycles. The molecule has 2 N–H and O–H groups in total. The van der Waals surface area contributed by atoms with Crippen molar-refractivity contribution in [1.29, 1.82) is 0 Å². The largest absolute Gasteiger partial charge is 0.325 e. The first-order valence-corrected chi connectivity index (χ1v) is 9.63. The zero-order valence-corrected chi connectivity index (χ0v) is 14.6. The molecule has 0 bridgehead atoms. The molecule has 0 radical (unpaired) electrons. The zero-order chi connectivity index (χ0) is 16.4. The molecule has 1 saturated heterocycles. The van der Waals surface area contributed by atoms with Crippen molar-refractivity contribution >= 4 is 11.6 Å². The molecular formula is C20H29N3O. The first-order chi connectivity index (χ1) is 11.8. The summed E-state index contributed by atoms with van der Waals surface area (Å²) in [6.45, 7) is 3.55. The summed E-state index contributed by atoms with van der Waals surface area (Å²) in [4.78, 5) is 15.1. The second kappa shape index (κ2) is 6.85. The van der Waals surface area contributed by atoms with Gasteiger partial charge in [-0.2, -0.15) is 0 Å². The molecule has 1 saturated carbocycles. The molecule has 1 spiro atoms. The molecule has 4 rings (SSSR count). The van der Waals surface area contributed by atoms with E-state index in [1.807, 2.05) is 0 Å². The number of carbonyl (C=O) groups excluding carboxylic acids is 1. The molecule has 1 aliphatic heterocycles. The normalized spacial score (nSPS) is 23.2. The minimum atomic E-state index is 0.139. The van der Waals surface area contributed by atoms with E-state index >= 15 is 0 Å². The quantitative estimate of drug-likeness (QED) is 0.897. The van der Waals surface area contributed by atoms with Gasteiger partial charge >= 0.3 is 0 Å². The molecule has 3 aliphatic rings. The van der Waals surface area contributed by atoms with Crippen LogP contribution in [0.3, 0.4) is 0 Å². The highest BCUT2D eigenvalue weighted by Gasteiger charge is 2.40. The summed E-state index contributed by atoms with van der Waals surface area (Å²) in [5, 5.41) is 6.69. The highest BCUT2D eigenvalue weighted by molar-refractivity contribution is 5.92. The van der Waals surface area contributed by atoms with Crippen LogP contribution in [0.15, 0.2) is 18.2 Å². The van der Waals surface area contributed by atoms with E-state index in [2.05, 4.69) is 33.7 Å². The number of anilines is 1. The summed E-state index contributed by atoms with van der Waals surface area (Å²) in [6, 6.07) is 6.43. The fourth-order valence-corrected chi connectivity index (χ4v) is 4.86. The topological polar surface area (TPSA) is 44.4 Å². The number of piperazine rings is 1. The number of rotatable bonds is 3. The molecule has 1 heterocycles. The van der Waals surface area contributed by atoms with Crippen LogP contribution in [0.1, 0.15) is 49.7 Å². The number of nitrogens with one attached hydrogen (secondary N) is 2. The van der Waals surface area contributed by atoms with Gasteiger partial charge < -0.3 is 10.6 Å². The molecule has 1 aromatic rings. The molecule has 0 unspecified atom stereocenters. The highest BCUT2D eigenvalue weighted by atomic mass is 16.2. The van der Waals surface area contributed by atoms with Gasteiger partial charge in [0.2, 0.25) is 5.91 Å². The predicted molar refractivity (Wildman–Crippen MR) is 97.4 cm³/mol. The fraction of sp³-hybridized carbons (Fsp3) is 0.650. The average Bonchev–Trinajstić information content (AvgIpc) is 3.06. The maximum atomic E-state index is 12.6. The summed E-state index contributed by atoms with van der Waals surface area (Å²) in [5.74, 6) is 0.139. The van der Waals surface area contributed by atoms with Gasteiger partial charge in [-0.15, -0.1) is 0 Å². The van der Waals surface area contributed by atoms with E-state index in [1.54, 1.807) is 0 Å². The summed E-state index contributed by atoms with van der Waals surface area (Å²) in [7, 11) is 0. The summed E-state index contributed by atoms with van der Waals surface area (Å²) in [6.07, 6.45) is 9.98. The molecule has 1 amide bonds. The predicted octanol–water partition coefficient (Wildman–Crippen LogP) is 2.72. The minimum absolute atomic E-state index is 0.139. The van der Waals surface area contributed by atoms with Crippen molar-refractivity contribution in [3.8, 4) is 0 Å². The van der Waals surface area contributed by atoms with Gasteiger partial charge in [-0.05, 0) is 55.4 Å². The van der Waals surface area contributed by atoms with Gasteiger partial charge in [0, 0.05) is 30.9 Å². The van der Waals surface area contributed by atoms with Gasteiger partial charge in [0.1, 0.15) is 0 Å². The van der Waals surface area contributed by atoms with Gasteiger partial charge in [0.05, 0.1) is 6.54 Å². The summed E-state index contributed by atoms with van der Waals surface area (Å²) < 4.78 is 0. The van der Waals surface area contributed by atoms with Crippen LogP contribution >= 0.6 is 0 Å². The van der Waals surface area contributed by atoms with Crippen molar-refractivity contribution in [2.24, 2.45) is 0 Å². The van der Waals surface area contributed by atoms with E-state index in [-0.39, 0.29) is 11.4 Å². The van der Waals surface area contributed by atoms with Crippen molar-refractivity contribution < 1.29 is 4.79 Å². The third-order valence-corrected chi connectivity index (χ3v) is 6.18. The second-order valence-electron chi connectivity index (χ2n) is 7.77. The van der Waals surface area contributed by atoms with E-state index in [0.717, 1.165) is 31.7 Å². The maximum absolute atomic E-state index is 12.6. The van der Waals surface area contributed by atoms with Crippen molar-refractivity contribution in [3.63, 3.8) is 0 Å². The number of hydrogen-bond acceptors (Lipinski definition) is 3. The Morgan fingerprint density at radius 1 is 1.12 bits per heavy atom. The van der Waals surface area contributed by atoms with E-state index in [0.29, 0.717) is 6.54 Å². The Labute approximate surface area is 145 Å². The molecule has 1 aromatic carbocycles. The molecule has 0 atom stereocenters. The molecule has 2 fully saturated rings. The molecule has 4 heteroatoms. The van der Waals surface area contributed by atoms with Gasteiger partial charge in [-0.25, -0.2) is 0 Å². The smallest absolute Gasteiger partial charge is 0.238 e. The fourth-order valence-electron chi connectivity index (χ4n) is 4.86. The van der Waals surface area contributed by atoms with Crippen LogP contribution < -0.4 is 10.6 Å². The first kappa shape index (κ1) is 16.1. The lowest BCUT2D eigenvalue weighted by molar-refractivity contribution is -0.120. The Bertz CT molecular complexity index is 599. The number of fused-ring (bicyclic) bond motifs is 1. The standard InChI is InChI=1S/C20H29N3O/c24-19(22-18-8-7-16-5-4-6-17(16)13-18)14-23-12-11-21-15-20(23)9-2-1-3-10-20/h7-8,13,21H,1-6,9-12,14-15H2,(H,22,24). The van der Waals surface area contributed by atoms with Crippen LogP contribution in [-0.4, -0.2) is 42.5 Å². The Hall–Kier alpha value is -1.39. The number of hydrogen-bond donors (Lipinski definition) is 2. The summed E-state index contributed by atoms with van der Waals surface area (Å²) in [5.41, 5.74) is 4.05. The highest BCUT2D eigenvalue weighted by Crippen LogP contribution is 2.34. The van der Waals surface area contributed by atoms with E-state index < -0.39 is 0 Å². The average molecular weight is 327 g/mol. The number of nitrogens with zero attached hydrogens (tertiary/aromatic N) is 1. The number of aryl methyl sites for hydroxylation is 2. The van der Waals surface area contributed by atoms with Crippen LogP contribution in [0.2, 0.25) is 0 Å². The van der Waals surface area contributed by atoms with Crippen molar-refractivity contribution in [2.45, 2.75) is 56.9 Å². The van der Waals surface area contributed by atoms with Gasteiger partial charge in [-0.1, -0.05) is 25.3 Å². The maximum Gasteiger partial charge on any atom is 0.238 e. The Morgan fingerprint density at radius 3 is 2.83 bits per heavy atom. The first-order valence-electron chi connectivity index (χ1n) is 9.63. The molecular weight excluding hydrogens is 298 g/mol. The Kier molecular flexibility index (Phi) is 4.59. The Morgan fingerprint density at radius 2 is 1.96 bits per heavy atom. The Balaban J connectivity index is 1.41. The van der Waals surface area contributed by atoms with Crippen molar-refractivity contribution in [3.05, 3.63) is 29.3 Å². The number of benzene rings is 1. The number of amides is 1. The van der Waals surface area contributed by atoms with E-state index in [4.69, 9.17) is 0 Å². The summed E-state index contributed by atoms with van der Waals surface area (Å²) >= 11 is 0. The lowest BCUT2D eigenvalue weighted by Gasteiger charge is -2.49. The van der Waals surface area contributed by atoms with Crippen LogP contribution in [0.4, 0.5) is 5.69 Å². The third kappa shape index (κ3) is 3.22. The van der Waals surface area contributed by atoms with Crippen molar-refractivity contribution in [2.75, 3.05) is 31.5 Å². The lowest BCUT2D eigenvalue weighted by atomic mass is 9.79. The minimum Gasteiger partial charge on any atom is -0.325 e. The lowest BCUT2D eigenvalue weighted by Crippen LogP contribution is -2.63. The van der Waals surface area contributed by atoms with Crippen LogP contribution in [0.25, 0.3) is 0 Å². The SMILES string of the molecule is O=C(CN1CCNCC12CCCCC2)Nc1ccc2c(c1)CCC2. The molecule has 4 nitrogen and oxygen atoms in total. The van der Waals surface area contributed by atoms with Gasteiger partial charge in [-0.3, -0.25) is 9.69 Å². The molecule has 0 aromatic heterocycles. The van der Waals surface area contributed by atoms with E-state index in [9.17, 15) is 4.79 Å². The van der Waals surface area contributed by atoms with Crippen LogP contribution in [-0.2, 0) is 17.6 Å². The number of carbonyl (C=O) groups is 1. The zero-order valence-electron chi connectivity index (χ0n) is 14.6. The second-order valence-corrected chi connectivity index (χ2v) is 7.77. The van der Waals surface area contributed by atoms with Gasteiger partial charge in [0.25, 0.3) is 0 Å². The van der Waals surface area contributed by atoms with Gasteiger partial charge in [0.15, 0.2) is 0 Å². The van der Waals surface area contributed by atoms with Crippen molar-refractivity contribution in [1.82, 2.24) is 10.2 Å². The third-order valence-electron chi connectivity index (χ3n) is 6.18. The molecule has 24 heavy (non-hydrogen) atoms. The van der Waals surface area contributed by atoms with Crippen LogP contribution in [0.5, 0.6) is 0 Å².